The Morgan fingerprint density at radius 2 is 1.59 bits per heavy atom. The van der Waals surface area contributed by atoms with Crippen molar-refractivity contribution < 1.29 is 19.0 Å². The zero-order valence-electron chi connectivity index (χ0n) is 18.8. The molecule has 1 heterocycles. The molecule has 0 atom stereocenters. The normalized spacial score (nSPS) is 10.4. The van der Waals surface area contributed by atoms with Crippen LogP contribution in [0.15, 0.2) is 67.0 Å². The molecule has 0 spiro atoms. The lowest BCUT2D eigenvalue weighted by Gasteiger charge is -2.12. The Labute approximate surface area is 201 Å². The fraction of sp³-hybridized carbons (Fsp3) is 0.120. The molecule has 0 aliphatic carbocycles. The lowest BCUT2D eigenvalue weighted by molar-refractivity contribution is 0.0977. The number of amides is 1. The first-order valence-corrected chi connectivity index (χ1v) is 10.7. The Kier molecular flexibility index (Phi) is 6.84. The van der Waals surface area contributed by atoms with Crippen LogP contribution in [-0.4, -0.2) is 35.2 Å². The summed E-state index contributed by atoms with van der Waals surface area (Å²) in [6.07, 6.45) is 1.43. The number of anilines is 1. The van der Waals surface area contributed by atoms with E-state index < -0.39 is 0 Å². The molecule has 0 aliphatic rings. The van der Waals surface area contributed by atoms with Gasteiger partial charge in [-0.15, -0.1) is 0 Å². The van der Waals surface area contributed by atoms with Gasteiger partial charge in [0.05, 0.1) is 25.1 Å². The molecule has 4 aromatic rings. The van der Waals surface area contributed by atoms with Crippen LogP contribution in [0.2, 0.25) is 0 Å². The highest BCUT2D eigenvalue weighted by atomic mass is 32.1. The number of nitrogens with one attached hydrogen (secondary N) is 2. The molecule has 3 aromatic carbocycles. The second kappa shape index (κ2) is 10.1. The monoisotopic (exact) mass is 474 g/mol. The minimum atomic E-state index is -0.278. The number of rotatable bonds is 6. The Bertz CT molecular complexity index is 1340. The van der Waals surface area contributed by atoms with Crippen molar-refractivity contribution in [2.45, 2.75) is 6.92 Å². The molecule has 0 fully saturated rings. The molecular weight excluding hydrogens is 452 g/mol. The fourth-order valence-corrected chi connectivity index (χ4v) is 3.41. The molecule has 4 rings (SSSR count). The fourth-order valence-electron chi connectivity index (χ4n) is 3.20. The highest BCUT2D eigenvalue weighted by Crippen LogP contribution is 2.35. The summed E-state index contributed by atoms with van der Waals surface area (Å²) in [6, 6.07) is 17.9. The van der Waals surface area contributed by atoms with Crippen molar-refractivity contribution in [3.05, 3.63) is 78.1 Å². The summed E-state index contributed by atoms with van der Waals surface area (Å²) in [7, 11) is 3.13. The second-order valence-electron chi connectivity index (χ2n) is 7.30. The van der Waals surface area contributed by atoms with Crippen LogP contribution in [-0.2, 0) is 0 Å². The Hall–Kier alpha value is -4.24. The Morgan fingerprint density at radius 1 is 0.912 bits per heavy atom. The SMILES string of the molecule is COc1cc2ncnc(Oc3ccc(NC(=S)NC(=O)c4ccc(C)cc4)cc3)c2cc1OC. The van der Waals surface area contributed by atoms with Gasteiger partial charge in [-0.05, 0) is 61.6 Å². The van der Waals surface area contributed by atoms with E-state index in [9.17, 15) is 4.79 Å². The Morgan fingerprint density at radius 3 is 2.26 bits per heavy atom. The van der Waals surface area contributed by atoms with Gasteiger partial charge < -0.3 is 19.5 Å². The number of methoxy groups -OCH3 is 2. The van der Waals surface area contributed by atoms with Crippen LogP contribution in [0.5, 0.6) is 23.1 Å². The largest absolute Gasteiger partial charge is 0.493 e. The highest BCUT2D eigenvalue weighted by Gasteiger charge is 2.13. The number of aryl methyl sites for hydroxylation is 1. The summed E-state index contributed by atoms with van der Waals surface area (Å²) < 4.78 is 16.7. The van der Waals surface area contributed by atoms with Gasteiger partial charge in [-0.25, -0.2) is 9.97 Å². The lowest BCUT2D eigenvalue weighted by Crippen LogP contribution is -2.34. The van der Waals surface area contributed by atoms with Gasteiger partial charge in [0.15, 0.2) is 16.6 Å². The van der Waals surface area contributed by atoms with Gasteiger partial charge in [-0.2, -0.15) is 0 Å². The smallest absolute Gasteiger partial charge is 0.257 e. The van der Waals surface area contributed by atoms with Crippen molar-refractivity contribution >= 4 is 39.8 Å². The van der Waals surface area contributed by atoms with E-state index in [1.54, 1.807) is 62.8 Å². The zero-order valence-corrected chi connectivity index (χ0v) is 19.6. The van der Waals surface area contributed by atoms with Crippen molar-refractivity contribution in [1.29, 1.82) is 0 Å². The first kappa shape index (κ1) is 22.9. The maximum Gasteiger partial charge on any atom is 0.257 e. The summed E-state index contributed by atoms with van der Waals surface area (Å²) in [5, 5.41) is 6.54. The van der Waals surface area contributed by atoms with E-state index in [2.05, 4.69) is 20.6 Å². The van der Waals surface area contributed by atoms with Crippen molar-refractivity contribution in [2.24, 2.45) is 0 Å². The Balaban J connectivity index is 1.44. The van der Waals surface area contributed by atoms with Crippen LogP contribution in [0.4, 0.5) is 5.69 Å². The first-order chi connectivity index (χ1) is 16.5. The number of aromatic nitrogens is 2. The van der Waals surface area contributed by atoms with Crippen LogP contribution in [0.1, 0.15) is 15.9 Å². The summed E-state index contributed by atoms with van der Waals surface area (Å²) in [4.78, 5) is 20.9. The third kappa shape index (κ3) is 5.21. The van der Waals surface area contributed by atoms with E-state index in [1.165, 1.54) is 6.33 Å². The van der Waals surface area contributed by atoms with Crippen molar-refractivity contribution in [3.8, 4) is 23.1 Å². The van der Waals surface area contributed by atoms with Gasteiger partial charge in [-0.3, -0.25) is 10.1 Å². The molecule has 2 N–H and O–H groups in total. The van der Waals surface area contributed by atoms with Crippen molar-refractivity contribution in [2.75, 3.05) is 19.5 Å². The summed E-state index contributed by atoms with van der Waals surface area (Å²) in [5.74, 6) is 1.79. The molecule has 1 amide bonds. The molecule has 0 saturated heterocycles. The van der Waals surface area contributed by atoms with Gasteiger partial charge in [0, 0.05) is 17.3 Å². The molecule has 0 bridgehead atoms. The number of thiocarbonyl (C=S) groups is 1. The molecule has 0 unspecified atom stereocenters. The molecule has 0 radical (unpaired) electrons. The maximum absolute atomic E-state index is 12.3. The van der Waals surface area contributed by atoms with Gasteiger partial charge in [0.1, 0.15) is 12.1 Å². The molecule has 1 aromatic heterocycles. The van der Waals surface area contributed by atoms with E-state index in [0.717, 1.165) is 5.56 Å². The molecule has 8 nitrogen and oxygen atoms in total. The van der Waals surface area contributed by atoms with E-state index >= 15 is 0 Å². The van der Waals surface area contributed by atoms with Gasteiger partial charge in [-0.1, -0.05) is 17.7 Å². The number of carbonyl (C=O) groups excluding carboxylic acids is 1. The number of benzene rings is 3. The average Bonchev–Trinajstić information content (AvgIpc) is 2.84. The van der Waals surface area contributed by atoms with E-state index in [-0.39, 0.29) is 11.0 Å². The number of fused-ring (bicyclic) bond motifs is 1. The van der Waals surface area contributed by atoms with E-state index in [4.69, 9.17) is 26.4 Å². The third-order valence-electron chi connectivity index (χ3n) is 4.97. The third-order valence-corrected chi connectivity index (χ3v) is 5.18. The second-order valence-corrected chi connectivity index (χ2v) is 7.71. The van der Waals surface area contributed by atoms with Gasteiger partial charge in [0.25, 0.3) is 5.91 Å². The van der Waals surface area contributed by atoms with Gasteiger partial charge in [0.2, 0.25) is 5.88 Å². The molecule has 0 aliphatic heterocycles. The van der Waals surface area contributed by atoms with Crippen molar-refractivity contribution in [3.63, 3.8) is 0 Å². The van der Waals surface area contributed by atoms with Crippen LogP contribution >= 0.6 is 12.2 Å². The topological polar surface area (TPSA) is 94.6 Å². The predicted octanol–water partition coefficient (Wildman–Crippen LogP) is 4.87. The van der Waals surface area contributed by atoms with Gasteiger partial charge >= 0.3 is 0 Å². The predicted molar refractivity (Wildman–Crippen MR) is 134 cm³/mol. The highest BCUT2D eigenvalue weighted by molar-refractivity contribution is 7.80. The summed E-state index contributed by atoms with van der Waals surface area (Å²) >= 11 is 5.26. The van der Waals surface area contributed by atoms with Crippen LogP contribution in [0.3, 0.4) is 0 Å². The number of carbonyl (C=O) groups is 1. The molecule has 172 valence electrons. The summed E-state index contributed by atoms with van der Waals surface area (Å²) in [6.45, 7) is 1.96. The molecule has 9 heteroatoms. The average molecular weight is 475 g/mol. The number of hydrogen-bond donors (Lipinski definition) is 2. The standard InChI is InChI=1S/C25H22N4O4S/c1-15-4-6-16(7-5-15)23(30)29-25(34)28-17-8-10-18(11-9-17)33-24-19-12-21(31-2)22(32-3)13-20(19)26-14-27-24/h4-14H,1-3H3,(H2,28,29,30,34). The molecule has 0 saturated carbocycles. The minimum Gasteiger partial charge on any atom is -0.493 e. The lowest BCUT2D eigenvalue weighted by atomic mass is 10.1. The zero-order chi connectivity index (χ0) is 24.1. The van der Waals surface area contributed by atoms with Crippen LogP contribution < -0.4 is 24.8 Å². The number of nitrogens with zero attached hydrogens (tertiary/aromatic N) is 2. The minimum absolute atomic E-state index is 0.196. The molecular formula is C25H22N4O4S. The quantitative estimate of drug-likeness (QED) is 0.382. The molecule has 34 heavy (non-hydrogen) atoms. The number of ether oxygens (including phenoxy) is 3. The number of hydrogen-bond acceptors (Lipinski definition) is 7. The van der Waals surface area contributed by atoms with Crippen LogP contribution in [0, 0.1) is 6.92 Å². The maximum atomic E-state index is 12.3. The van der Waals surface area contributed by atoms with E-state index in [1.807, 2.05) is 19.1 Å². The summed E-state index contributed by atoms with van der Waals surface area (Å²) in [5.41, 5.74) is 2.97. The first-order valence-electron chi connectivity index (χ1n) is 10.3. The van der Waals surface area contributed by atoms with Crippen LogP contribution in [0.25, 0.3) is 10.9 Å². The van der Waals surface area contributed by atoms with E-state index in [0.29, 0.717) is 45.3 Å². The van der Waals surface area contributed by atoms with Crippen molar-refractivity contribution in [1.82, 2.24) is 15.3 Å².